The number of nitrogens with zero attached hydrogens (tertiary/aromatic N) is 1. The summed E-state index contributed by atoms with van der Waals surface area (Å²) < 4.78 is 6.40. The molecule has 5 heteroatoms. The number of rotatable bonds is 4. The highest BCUT2D eigenvalue weighted by Crippen LogP contribution is 2.38. The Morgan fingerprint density at radius 1 is 1.04 bits per heavy atom. The zero-order chi connectivity index (χ0) is 18.1. The number of benzene rings is 2. The van der Waals surface area contributed by atoms with Crippen LogP contribution in [0.3, 0.4) is 0 Å². The Kier molecular flexibility index (Phi) is 4.31. The Bertz CT molecular complexity index is 1030. The van der Waals surface area contributed by atoms with Crippen molar-refractivity contribution in [1.29, 1.82) is 0 Å². The first-order valence-corrected chi connectivity index (χ1v) is 8.87. The van der Waals surface area contributed by atoms with Gasteiger partial charge in [0, 0.05) is 15.6 Å². The van der Waals surface area contributed by atoms with Crippen molar-refractivity contribution in [1.82, 2.24) is 0 Å². The number of amides is 1. The van der Waals surface area contributed by atoms with E-state index in [4.69, 9.17) is 4.42 Å². The summed E-state index contributed by atoms with van der Waals surface area (Å²) in [6, 6.07) is 18.8. The van der Waals surface area contributed by atoms with Gasteiger partial charge in [0.05, 0.1) is 12.2 Å². The van der Waals surface area contributed by atoms with Crippen LogP contribution in [-0.2, 0) is 11.3 Å². The molecular formula is C21H14BrNO3. The molecule has 1 aliphatic rings. The summed E-state index contributed by atoms with van der Waals surface area (Å²) in [5, 5.41) is 0. The van der Waals surface area contributed by atoms with E-state index in [-0.39, 0.29) is 18.2 Å². The van der Waals surface area contributed by atoms with Crippen LogP contribution in [-0.4, -0.2) is 12.2 Å². The van der Waals surface area contributed by atoms with E-state index in [9.17, 15) is 9.59 Å². The van der Waals surface area contributed by atoms with Crippen LogP contribution in [0.25, 0.3) is 11.6 Å². The number of carbonyl (C=O) groups is 2. The van der Waals surface area contributed by atoms with Crippen LogP contribution >= 0.6 is 15.9 Å². The molecule has 0 saturated carbocycles. The molecule has 1 aromatic heterocycles. The van der Waals surface area contributed by atoms with Gasteiger partial charge in [0.25, 0.3) is 5.91 Å². The summed E-state index contributed by atoms with van der Waals surface area (Å²) in [4.78, 5) is 25.6. The smallest absolute Gasteiger partial charge is 0.259 e. The predicted octanol–water partition coefficient (Wildman–Crippen LogP) is 4.94. The van der Waals surface area contributed by atoms with Crippen LogP contribution in [0, 0.1) is 0 Å². The molecule has 0 aliphatic carbocycles. The van der Waals surface area contributed by atoms with Crippen molar-refractivity contribution in [3.8, 4) is 0 Å². The fourth-order valence-electron chi connectivity index (χ4n) is 3.06. The van der Waals surface area contributed by atoms with Gasteiger partial charge in [-0.15, -0.1) is 0 Å². The van der Waals surface area contributed by atoms with Gasteiger partial charge in [-0.1, -0.05) is 46.3 Å². The van der Waals surface area contributed by atoms with E-state index in [1.807, 2.05) is 54.6 Å². The summed E-state index contributed by atoms with van der Waals surface area (Å²) in [6.07, 6.45) is 2.55. The third-order valence-electron chi connectivity index (χ3n) is 4.23. The lowest BCUT2D eigenvalue weighted by molar-refractivity contribution is -0.113. The third-order valence-corrected chi connectivity index (χ3v) is 4.73. The summed E-state index contributed by atoms with van der Waals surface area (Å²) in [6.45, 7) is 0.277. The number of fused-ring (bicyclic) bond motifs is 1. The van der Waals surface area contributed by atoms with E-state index in [1.165, 1.54) is 0 Å². The van der Waals surface area contributed by atoms with Crippen molar-refractivity contribution in [2.75, 3.05) is 4.90 Å². The molecule has 0 spiro atoms. The number of hydrogen-bond donors (Lipinski definition) is 0. The Morgan fingerprint density at radius 3 is 2.65 bits per heavy atom. The normalized spacial score (nSPS) is 14.7. The van der Waals surface area contributed by atoms with E-state index >= 15 is 0 Å². The molecule has 0 bridgehead atoms. The van der Waals surface area contributed by atoms with E-state index in [1.54, 1.807) is 17.0 Å². The van der Waals surface area contributed by atoms with E-state index in [2.05, 4.69) is 15.9 Å². The van der Waals surface area contributed by atoms with Gasteiger partial charge < -0.3 is 9.32 Å². The average molecular weight is 408 g/mol. The highest BCUT2D eigenvalue weighted by molar-refractivity contribution is 9.10. The third kappa shape index (κ3) is 3.02. The predicted molar refractivity (Wildman–Crippen MR) is 104 cm³/mol. The molecule has 2 aromatic carbocycles. The SMILES string of the molecule is O=Cc1ccc(CN2C(=O)/C(=C\c3cccc(Br)c3)c3ccccc32)o1. The molecule has 0 saturated heterocycles. The minimum Gasteiger partial charge on any atom is -0.456 e. The summed E-state index contributed by atoms with van der Waals surface area (Å²) >= 11 is 3.46. The van der Waals surface area contributed by atoms with E-state index < -0.39 is 0 Å². The first-order chi connectivity index (χ1) is 12.7. The Balaban J connectivity index is 1.74. The molecule has 3 aromatic rings. The number of furan rings is 1. The van der Waals surface area contributed by atoms with E-state index in [0.29, 0.717) is 17.6 Å². The van der Waals surface area contributed by atoms with Crippen LogP contribution in [0.5, 0.6) is 0 Å². The molecule has 0 radical (unpaired) electrons. The van der Waals surface area contributed by atoms with Crippen molar-refractivity contribution in [3.05, 3.63) is 87.8 Å². The van der Waals surface area contributed by atoms with Crippen molar-refractivity contribution in [3.63, 3.8) is 0 Å². The molecule has 0 unspecified atom stereocenters. The number of anilines is 1. The average Bonchev–Trinajstić information content (AvgIpc) is 3.21. The second kappa shape index (κ2) is 6.77. The fraction of sp³-hybridized carbons (Fsp3) is 0.0476. The fourth-order valence-corrected chi connectivity index (χ4v) is 3.48. The first kappa shape index (κ1) is 16.5. The monoisotopic (exact) mass is 407 g/mol. The largest absolute Gasteiger partial charge is 0.456 e. The van der Waals surface area contributed by atoms with Gasteiger partial charge >= 0.3 is 0 Å². The van der Waals surface area contributed by atoms with Gasteiger partial charge in [-0.05, 0) is 42.0 Å². The minimum atomic E-state index is -0.0878. The maximum absolute atomic E-state index is 13.1. The molecule has 0 fully saturated rings. The minimum absolute atomic E-state index is 0.0878. The lowest BCUT2D eigenvalue weighted by atomic mass is 10.0. The molecule has 26 heavy (non-hydrogen) atoms. The van der Waals surface area contributed by atoms with E-state index in [0.717, 1.165) is 21.3 Å². The van der Waals surface area contributed by atoms with Gasteiger partial charge in [0.1, 0.15) is 5.76 Å². The second-order valence-corrected chi connectivity index (χ2v) is 6.86. The Labute approximate surface area is 158 Å². The van der Waals surface area contributed by atoms with Crippen molar-refractivity contribution < 1.29 is 14.0 Å². The molecule has 4 rings (SSSR count). The quantitative estimate of drug-likeness (QED) is 0.454. The van der Waals surface area contributed by atoms with Crippen LogP contribution < -0.4 is 4.90 Å². The topological polar surface area (TPSA) is 50.5 Å². The summed E-state index contributed by atoms with van der Waals surface area (Å²) in [5.41, 5.74) is 3.31. The molecule has 0 N–H and O–H groups in total. The number of carbonyl (C=O) groups excluding carboxylic acids is 2. The van der Waals surface area contributed by atoms with Crippen LogP contribution in [0.1, 0.15) is 27.4 Å². The van der Waals surface area contributed by atoms with Gasteiger partial charge in [-0.2, -0.15) is 0 Å². The summed E-state index contributed by atoms with van der Waals surface area (Å²) in [7, 11) is 0. The first-order valence-electron chi connectivity index (χ1n) is 8.08. The highest BCUT2D eigenvalue weighted by Gasteiger charge is 2.32. The lowest BCUT2D eigenvalue weighted by Crippen LogP contribution is -2.25. The van der Waals surface area contributed by atoms with Crippen molar-refractivity contribution in [2.24, 2.45) is 0 Å². The van der Waals surface area contributed by atoms with Gasteiger partial charge in [0.2, 0.25) is 0 Å². The molecule has 0 atom stereocenters. The van der Waals surface area contributed by atoms with Gasteiger partial charge in [-0.25, -0.2) is 0 Å². The number of aldehydes is 1. The van der Waals surface area contributed by atoms with Crippen molar-refractivity contribution >= 4 is 45.5 Å². The number of hydrogen-bond acceptors (Lipinski definition) is 3. The maximum Gasteiger partial charge on any atom is 0.259 e. The molecule has 4 nitrogen and oxygen atoms in total. The summed E-state index contributed by atoms with van der Waals surface area (Å²) in [5.74, 6) is 0.735. The number of para-hydroxylation sites is 1. The van der Waals surface area contributed by atoms with Crippen LogP contribution in [0.2, 0.25) is 0 Å². The maximum atomic E-state index is 13.1. The molecule has 1 aliphatic heterocycles. The second-order valence-electron chi connectivity index (χ2n) is 5.94. The highest BCUT2D eigenvalue weighted by atomic mass is 79.9. The number of halogens is 1. The molecule has 1 amide bonds. The van der Waals surface area contributed by atoms with Gasteiger partial charge in [-0.3, -0.25) is 9.59 Å². The zero-order valence-corrected chi connectivity index (χ0v) is 15.3. The van der Waals surface area contributed by atoms with Crippen molar-refractivity contribution in [2.45, 2.75) is 6.54 Å². The molecule has 128 valence electrons. The van der Waals surface area contributed by atoms with Gasteiger partial charge in [0.15, 0.2) is 12.0 Å². The lowest BCUT2D eigenvalue weighted by Gasteiger charge is -2.15. The zero-order valence-electron chi connectivity index (χ0n) is 13.7. The molecule has 2 heterocycles. The van der Waals surface area contributed by atoms with Crippen LogP contribution in [0.15, 0.2) is 69.6 Å². The standard InChI is InChI=1S/C21H14BrNO3/c22-15-5-3-4-14(10-15)11-19-18-6-1-2-7-20(18)23(21(19)25)12-16-8-9-17(13-24)26-16/h1-11,13H,12H2/b19-11-. The Hall–Kier alpha value is -2.92. The Morgan fingerprint density at radius 2 is 1.88 bits per heavy atom. The van der Waals surface area contributed by atoms with Crippen LogP contribution in [0.4, 0.5) is 5.69 Å². The molecular weight excluding hydrogens is 394 g/mol.